The van der Waals surface area contributed by atoms with E-state index in [4.69, 9.17) is 9.52 Å². The van der Waals surface area contributed by atoms with Crippen molar-refractivity contribution in [2.75, 3.05) is 0 Å². The number of nitrogens with one attached hydrogen (secondary N) is 2. The highest BCUT2D eigenvalue weighted by atomic mass is 19.1. The van der Waals surface area contributed by atoms with E-state index in [0.717, 1.165) is 5.56 Å². The maximum atomic E-state index is 13.3. The summed E-state index contributed by atoms with van der Waals surface area (Å²) in [5.41, 5.74) is 1.39. The lowest BCUT2D eigenvalue weighted by Crippen LogP contribution is -2.43. The third kappa shape index (κ3) is 3.92. The Labute approximate surface area is 144 Å². The van der Waals surface area contributed by atoms with E-state index in [1.54, 1.807) is 6.07 Å². The van der Waals surface area contributed by atoms with Crippen LogP contribution in [0.2, 0.25) is 0 Å². The molecule has 0 saturated heterocycles. The number of fused-ring (bicyclic) bond motifs is 1. The van der Waals surface area contributed by atoms with Crippen LogP contribution in [-0.4, -0.2) is 23.1 Å². The van der Waals surface area contributed by atoms with Gasteiger partial charge in [0.1, 0.15) is 17.2 Å². The number of aryl methyl sites for hydroxylation is 1. The quantitative estimate of drug-likeness (QED) is 0.790. The minimum absolute atomic E-state index is 0.0125. The van der Waals surface area contributed by atoms with Crippen molar-refractivity contribution in [3.05, 3.63) is 35.3 Å². The Bertz CT molecular complexity index is 794. The van der Waals surface area contributed by atoms with Gasteiger partial charge in [0.25, 0.3) is 0 Å². The van der Waals surface area contributed by atoms with Gasteiger partial charge >= 0.3 is 12.0 Å². The zero-order valence-electron chi connectivity index (χ0n) is 14.0. The summed E-state index contributed by atoms with van der Waals surface area (Å²) < 4.78 is 19.0. The van der Waals surface area contributed by atoms with Gasteiger partial charge in [0.05, 0.1) is 12.5 Å². The van der Waals surface area contributed by atoms with E-state index in [2.05, 4.69) is 10.6 Å². The van der Waals surface area contributed by atoms with Crippen molar-refractivity contribution < 1.29 is 23.5 Å². The van der Waals surface area contributed by atoms with E-state index in [1.165, 1.54) is 12.1 Å². The van der Waals surface area contributed by atoms with Gasteiger partial charge in [-0.25, -0.2) is 9.18 Å². The molecule has 0 unspecified atom stereocenters. The monoisotopic (exact) mass is 348 g/mol. The third-order valence-corrected chi connectivity index (χ3v) is 4.82. The van der Waals surface area contributed by atoms with E-state index in [1.807, 2.05) is 6.92 Å². The van der Waals surface area contributed by atoms with Crippen LogP contribution in [0.3, 0.4) is 0 Å². The number of halogens is 1. The van der Waals surface area contributed by atoms with Crippen LogP contribution in [-0.2, 0) is 11.3 Å². The first-order valence-electron chi connectivity index (χ1n) is 8.38. The molecule has 2 aromatic rings. The summed E-state index contributed by atoms with van der Waals surface area (Å²) in [5.74, 6) is -0.810. The van der Waals surface area contributed by atoms with Crippen molar-refractivity contribution in [2.45, 2.75) is 45.2 Å². The summed E-state index contributed by atoms with van der Waals surface area (Å²) in [4.78, 5) is 23.0. The number of carboxylic acid groups (broad SMARTS) is 1. The predicted octanol–water partition coefficient (Wildman–Crippen LogP) is 3.32. The second kappa shape index (κ2) is 7.13. The van der Waals surface area contributed by atoms with Gasteiger partial charge in [-0.2, -0.15) is 0 Å². The molecule has 1 heterocycles. The number of amides is 2. The Kier molecular flexibility index (Phi) is 4.92. The van der Waals surface area contributed by atoms with Crippen LogP contribution >= 0.6 is 0 Å². The Morgan fingerprint density at radius 2 is 2.00 bits per heavy atom. The van der Waals surface area contributed by atoms with Gasteiger partial charge in [0.2, 0.25) is 0 Å². The summed E-state index contributed by atoms with van der Waals surface area (Å²) in [6, 6.07) is 4.00. The predicted molar refractivity (Wildman–Crippen MR) is 89.7 cm³/mol. The van der Waals surface area contributed by atoms with Gasteiger partial charge in [0, 0.05) is 17.0 Å². The molecule has 1 saturated carbocycles. The molecular formula is C18H21FN2O4. The summed E-state index contributed by atoms with van der Waals surface area (Å²) >= 11 is 0. The molecule has 1 aromatic carbocycles. The first-order valence-corrected chi connectivity index (χ1v) is 8.38. The maximum absolute atomic E-state index is 13.3. The molecule has 1 aliphatic rings. The smallest absolute Gasteiger partial charge is 0.315 e. The summed E-state index contributed by atoms with van der Waals surface area (Å²) in [6.45, 7) is 2.03. The molecule has 6 nitrogen and oxygen atoms in total. The lowest BCUT2D eigenvalue weighted by Gasteiger charge is -2.26. The molecule has 1 fully saturated rings. The minimum Gasteiger partial charge on any atom is -0.481 e. The normalized spacial score (nSPS) is 20.4. The molecule has 0 aliphatic heterocycles. The van der Waals surface area contributed by atoms with Crippen molar-refractivity contribution in [1.82, 2.24) is 10.6 Å². The van der Waals surface area contributed by atoms with Crippen LogP contribution in [0.1, 0.15) is 37.0 Å². The Hall–Kier alpha value is -2.57. The number of hydrogen-bond donors (Lipinski definition) is 3. The van der Waals surface area contributed by atoms with Crippen LogP contribution in [0.25, 0.3) is 11.0 Å². The molecule has 7 heteroatoms. The SMILES string of the molecule is Cc1c(CNC(=O)NC2CCC(C(=O)O)CC2)oc2ccc(F)cc12. The van der Waals surface area contributed by atoms with Gasteiger partial charge < -0.3 is 20.2 Å². The number of hydrogen-bond acceptors (Lipinski definition) is 3. The molecule has 0 radical (unpaired) electrons. The molecule has 0 atom stereocenters. The Morgan fingerprint density at radius 3 is 2.68 bits per heavy atom. The van der Waals surface area contributed by atoms with Crippen LogP contribution in [0.5, 0.6) is 0 Å². The highest BCUT2D eigenvalue weighted by Crippen LogP contribution is 2.26. The first-order chi connectivity index (χ1) is 11.9. The second-order valence-corrected chi connectivity index (χ2v) is 6.50. The molecular weight excluding hydrogens is 327 g/mol. The molecule has 3 rings (SSSR count). The number of furan rings is 1. The fourth-order valence-electron chi connectivity index (χ4n) is 3.29. The molecule has 0 spiro atoms. The highest BCUT2D eigenvalue weighted by molar-refractivity contribution is 5.82. The van der Waals surface area contributed by atoms with Crippen molar-refractivity contribution in [3.63, 3.8) is 0 Å². The van der Waals surface area contributed by atoms with E-state index < -0.39 is 5.97 Å². The summed E-state index contributed by atoms with van der Waals surface area (Å²) in [6.07, 6.45) is 2.48. The van der Waals surface area contributed by atoms with E-state index >= 15 is 0 Å². The van der Waals surface area contributed by atoms with Gasteiger partial charge in [-0.15, -0.1) is 0 Å². The maximum Gasteiger partial charge on any atom is 0.315 e. The molecule has 0 bridgehead atoms. The number of carbonyl (C=O) groups excluding carboxylic acids is 1. The number of carbonyl (C=O) groups is 2. The molecule has 25 heavy (non-hydrogen) atoms. The van der Waals surface area contributed by atoms with E-state index in [-0.39, 0.29) is 30.4 Å². The van der Waals surface area contributed by atoms with E-state index in [9.17, 15) is 14.0 Å². The topological polar surface area (TPSA) is 91.6 Å². The zero-order chi connectivity index (χ0) is 18.0. The summed E-state index contributed by atoms with van der Waals surface area (Å²) in [5, 5.41) is 15.3. The number of aliphatic carboxylic acids is 1. The van der Waals surface area contributed by atoms with Gasteiger partial charge in [-0.05, 0) is 50.8 Å². The Balaban J connectivity index is 1.53. The molecule has 2 amide bonds. The average molecular weight is 348 g/mol. The van der Waals surface area contributed by atoms with Crippen molar-refractivity contribution >= 4 is 23.0 Å². The van der Waals surface area contributed by atoms with Crippen molar-refractivity contribution in [3.8, 4) is 0 Å². The highest BCUT2D eigenvalue weighted by Gasteiger charge is 2.26. The third-order valence-electron chi connectivity index (χ3n) is 4.82. The standard InChI is InChI=1S/C18H21FN2O4/c1-10-14-8-12(19)4-7-15(14)25-16(10)9-20-18(24)21-13-5-2-11(3-6-13)17(22)23/h4,7-8,11,13H,2-3,5-6,9H2,1H3,(H,22,23)(H2,20,21,24). The number of benzene rings is 1. The number of urea groups is 1. The van der Waals surface area contributed by atoms with Gasteiger partial charge in [-0.1, -0.05) is 0 Å². The molecule has 134 valence electrons. The minimum atomic E-state index is -0.764. The largest absolute Gasteiger partial charge is 0.481 e. The van der Waals surface area contributed by atoms with Crippen LogP contribution in [0.15, 0.2) is 22.6 Å². The fourth-order valence-corrected chi connectivity index (χ4v) is 3.29. The van der Waals surface area contributed by atoms with Crippen LogP contribution in [0.4, 0.5) is 9.18 Å². The summed E-state index contributed by atoms with van der Waals surface area (Å²) in [7, 11) is 0. The van der Waals surface area contributed by atoms with E-state index in [0.29, 0.717) is 42.4 Å². The fraction of sp³-hybridized carbons (Fsp3) is 0.444. The molecule has 1 aliphatic carbocycles. The first kappa shape index (κ1) is 17.3. The van der Waals surface area contributed by atoms with Gasteiger partial charge in [0.15, 0.2) is 0 Å². The number of rotatable bonds is 4. The van der Waals surface area contributed by atoms with Crippen molar-refractivity contribution in [2.24, 2.45) is 5.92 Å². The second-order valence-electron chi connectivity index (χ2n) is 6.50. The lowest BCUT2D eigenvalue weighted by atomic mass is 9.86. The van der Waals surface area contributed by atoms with Crippen LogP contribution < -0.4 is 10.6 Å². The molecule has 3 N–H and O–H groups in total. The Morgan fingerprint density at radius 1 is 1.28 bits per heavy atom. The molecule has 1 aromatic heterocycles. The van der Waals surface area contributed by atoms with Gasteiger partial charge in [-0.3, -0.25) is 4.79 Å². The average Bonchev–Trinajstić information content (AvgIpc) is 2.89. The zero-order valence-corrected chi connectivity index (χ0v) is 14.0. The lowest BCUT2D eigenvalue weighted by molar-refractivity contribution is -0.142. The van der Waals surface area contributed by atoms with Crippen LogP contribution in [0, 0.1) is 18.7 Å². The number of carboxylic acids is 1. The van der Waals surface area contributed by atoms with Crippen molar-refractivity contribution in [1.29, 1.82) is 0 Å².